The van der Waals surface area contributed by atoms with E-state index in [0.29, 0.717) is 5.88 Å². The number of benzene rings is 1. The molecule has 1 aromatic carbocycles. The Balaban J connectivity index is 1.90. The summed E-state index contributed by atoms with van der Waals surface area (Å²) in [5.41, 5.74) is 2.21. The summed E-state index contributed by atoms with van der Waals surface area (Å²) in [6.07, 6.45) is 1.01. The zero-order chi connectivity index (χ0) is 13.9. The summed E-state index contributed by atoms with van der Waals surface area (Å²) in [4.78, 5) is 7.01. The van der Waals surface area contributed by atoms with Crippen molar-refractivity contribution in [3.8, 4) is 0 Å². The molecule has 20 heavy (non-hydrogen) atoms. The molecule has 0 saturated carbocycles. The minimum Gasteiger partial charge on any atom is -0.374 e. The monoisotopic (exact) mass is 293 g/mol. The zero-order valence-electron chi connectivity index (χ0n) is 11.8. The Labute approximate surface area is 124 Å². The Hall–Kier alpha value is -1.10. The summed E-state index contributed by atoms with van der Waals surface area (Å²) in [7, 11) is 2.14. The van der Waals surface area contributed by atoms with Crippen molar-refractivity contribution in [1.82, 2.24) is 14.5 Å². The van der Waals surface area contributed by atoms with Crippen molar-refractivity contribution in [2.24, 2.45) is 0 Å². The van der Waals surface area contributed by atoms with Crippen LogP contribution in [0.2, 0.25) is 0 Å². The number of ether oxygens (including phenoxy) is 1. The lowest BCUT2D eigenvalue weighted by Crippen LogP contribution is -2.42. The molecule has 2 heterocycles. The van der Waals surface area contributed by atoms with Gasteiger partial charge < -0.3 is 14.2 Å². The molecule has 2 aromatic rings. The molecule has 0 bridgehead atoms. The molecule has 3 rings (SSSR count). The minimum atomic E-state index is 0.223. The summed E-state index contributed by atoms with van der Waals surface area (Å²) in [6.45, 7) is 3.62. The maximum Gasteiger partial charge on any atom is 0.111 e. The summed E-state index contributed by atoms with van der Waals surface area (Å²) >= 11 is 5.91. The summed E-state index contributed by atoms with van der Waals surface area (Å²) in [5.74, 6) is 1.65. The van der Waals surface area contributed by atoms with Gasteiger partial charge in [0.1, 0.15) is 5.82 Å². The molecule has 1 aliphatic heterocycles. The second kappa shape index (κ2) is 6.12. The third-order valence-electron chi connectivity index (χ3n) is 3.78. The molecule has 1 atom stereocenters. The van der Waals surface area contributed by atoms with Crippen LogP contribution < -0.4 is 0 Å². The number of fused-ring (bicyclic) bond motifs is 1. The maximum absolute atomic E-state index is 5.91. The number of para-hydroxylation sites is 2. The van der Waals surface area contributed by atoms with E-state index in [2.05, 4.69) is 34.7 Å². The minimum absolute atomic E-state index is 0.223. The Morgan fingerprint density at radius 1 is 1.40 bits per heavy atom. The van der Waals surface area contributed by atoms with Crippen molar-refractivity contribution >= 4 is 22.6 Å². The number of halogens is 1. The molecule has 4 nitrogen and oxygen atoms in total. The average molecular weight is 294 g/mol. The van der Waals surface area contributed by atoms with Crippen LogP contribution in [0.3, 0.4) is 0 Å². The van der Waals surface area contributed by atoms with Crippen LogP contribution in [-0.4, -0.2) is 53.2 Å². The molecule has 1 unspecified atom stereocenters. The first-order chi connectivity index (χ1) is 9.78. The molecule has 0 aliphatic carbocycles. The molecular formula is C15H20ClN3O. The normalized spacial score (nSPS) is 20.6. The summed E-state index contributed by atoms with van der Waals surface area (Å²) in [5, 5.41) is 0. The van der Waals surface area contributed by atoms with Gasteiger partial charge in [0.05, 0.1) is 30.3 Å². The molecule has 0 radical (unpaired) electrons. The molecule has 108 valence electrons. The quantitative estimate of drug-likeness (QED) is 0.809. The smallest absolute Gasteiger partial charge is 0.111 e. The summed E-state index contributed by atoms with van der Waals surface area (Å²) in [6, 6.07) is 8.25. The van der Waals surface area contributed by atoms with Gasteiger partial charge in [0.25, 0.3) is 0 Å². The molecule has 0 amide bonds. The van der Waals surface area contributed by atoms with Crippen molar-refractivity contribution in [1.29, 1.82) is 0 Å². The standard InChI is InChI=1S/C15H20ClN3O/c1-18-8-9-20-12(10-18)11-19-14-5-3-2-4-13(14)17-15(19)6-7-16/h2-5,12H,6-11H2,1H3. The number of hydrogen-bond donors (Lipinski definition) is 0. The van der Waals surface area contributed by atoms with E-state index in [1.807, 2.05) is 6.07 Å². The molecule has 1 aliphatic rings. The Bertz CT molecular complexity index is 584. The molecule has 1 aromatic heterocycles. The Morgan fingerprint density at radius 2 is 2.25 bits per heavy atom. The lowest BCUT2D eigenvalue weighted by atomic mass is 10.2. The van der Waals surface area contributed by atoms with E-state index in [0.717, 1.165) is 44.0 Å². The van der Waals surface area contributed by atoms with Crippen LogP contribution in [0.1, 0.15) is 5.82 Å². The highest BCUT2D eigenvalue weighted by Gasteiger charge is 2.20. The van der Waals surface area contributed by atoms with Gasteiger partial charge in [0.15, 0.2) is 0 Å². The van der Waals surface area contributed by atoms with Crippen LogP contribution in [0.5, 0.6) is 0 Å². The largest absolute Gasteiger partial charge is 0.374 e. The number of imidazole rings is 1. The molecule has 5 heteroatoms. The van der Waals surface area contributed by atoms with E-state index in [1.54, 1.807) is 0 Å². The number of morpholine rings is 1. The number of rotatable bonds is 4. The fourth-order valence-corrected chi connectivity index (χ4v) is 2.95. The van der Waals surface area contributed by atoms with Gasteiger partial charge >= 0.3 is 0 Å². The van der Waals surface area contributed by atoms with E-state index < -0.39 is 0 Å². The van der Waals surface area contributed by atoms with Crippen LogP contribution in [-0.2, 0) is 17.7 Å². The zero-order valence-corrected chi connectivity index (χ0v) is 12.5. The molecule has 0 spiro atoms. The number of alkyl halides is 1. The van der Waals surface area contributed by atoms with E-state index in [1.165, 1.54) is 5.52 Å². The first-order valence-corrected chi connectivity index (χ1v) is 7.61. The SMILES string of the molecule is CN1CCOC(Cn2c(CCCl)nc3ccccc32)C1. The third-order valence-corrected chi connectivity index (χ3v) is 3.97. The first-order valence-electron chi connectivity index (χ1n) is 7.08. The predicted octanol–water partition coefficient (Wildman–Crippen LogP) is 2.15. The molecule has 1 saturated heterocycles. The topological polar surface area (TPSA) is 30.3 Å². The van der Waals surface area contributed by atoms with Gasteiger partial charge in [-0.3, -0.25) is 0 Å². The average Bonchev–Trinajstić information content (AvgIpc) is 2.78. The van der Waals surface area contributed by atoms with Crippen molar-refractivity contribution in [2.45, 2.75) is 19.1 Å². The van der Waals surface area contributed by atoms with E-state index in [-0.39, 0.29) is 6.10 Å². The number of likely N-dealkylation sites (N-methyl/N-ethyl adjacent to an activating group) is 1. The maximum atomic E-state index is 5.91. The number of aromatic nitrogens is 2. The van der Waals surface area contributed by atoms with Crippen LogP contribution >= 0.6 is 11.6 Å². The van der Waals surface area contributed by atoms with E-state index in [4.69, 9.17) is 21.3 Å². The van der Waals surface area contributed by atoms with E-state index >= 15 is 0 Å². The highest BCUT2D eigenvalue weighted by Crippen LogP contribution is 2.19. The van der Waals surface area contributed by atoms with Gasteiger partial charge in [-0.25, -0.2) is 4.98 Å². The second-order valence-corrected chi connectivity index (χ2v) is 5.70. The van der Waals surface area contributed by atoms with Gasteiger partial charge in [0, 0.05) is 25.4 Å². The highest BCUT2D eigenvalue weighted by atomic mass is 35.5. The fourth-order valence-electron chi connectivity index (χ4n) is 2.79. The number of aryl methyl sites for hydroxylation is 1. The second-order valence-electron chi connectivity index (χ2n) is 5.32. The Kier molecular flexibility index (Phi) is 4.24. The molecule has 0 N–H and O–H groups in total. The van der Waals surface area contributed by atoms with Crippen LogP contribution in [0.25, 0.3) is 11.0 Å². The van der Waals surface area contributed by atoms with Gasteiger partial charge in [0.2, 0.25) is 0 Å². The van der Waals surface area contributed by atoms with Gasteiger partial charge in [-0.05, 0) is 19.2 Å². The van der Waals surface area contributed by atoms with Crippen molar-refractivity contribution in [3.63, 3.8) is 0 Å². The van der Waals surface area contributed by atoms with Crippen LogP contribution in [0.15, 0.2) is 24.3 Å². The Morgan fingerprint density at radius 3 is 3.05 bits per heavy atom. The molecular weight excluding hydrogens is 274 g/mol. The predicted molar refractivity (Wildman–Crippen MR) is 81.4 cm³/mol. The number of nitrogens with zero attached hydrogens (tertiary/aromatic N) is 3. The van der Waals surface area contributed by atoms with Gasteiger partial charge in [-0.1, -0.05) is 12.1 Å². The lowest BCUT2D eigenvalue weighted by Gasteiger charge is -2.30. The fraction of sp³-hybridized carbons (Fsp3) is 0.533. The summed E-state index contributed by atoms with van der Waals surface area (Å²) < 4.78 is 8.15. The van der Waals surface area contributed by atoms with Crippen molar-refractivity contribution < 1.29 is 4.74 Å². The van der Waals surface area contributed by atoms with Gasteiger partial charge in [-0.15, -0.1) is 11.6 Å². The number of hydrogen-bond acceptors (Lipinski definition) is 3. The first kappa shape index (κ1) is 13.9. The molecule has 1 fully saturated rings. The lowest BCUT2D eigenvalue weighted by molar-refractivity contribution is -0.0272. The van der Waals surface area contributed by atoms with Crippen LogP contribution in [0, 0.1) is 0 Å². The van der Waals surface area contributed by atoms with Gasteiger partial charge in [-0.2, -0.15) is 0 Å². The van der Waals surface area contributed by atoms with Crippen LogP contribution in [0.4, 0.5) is 0 Å². The highest BCUT2D eigenvalue weighted by molar-refractivity contribution is 6.17. The van der Waals surface area contributed by atoms with E-state index in [9.17, 15) is 0 Å². The van der Waals surface area contributed by atoms with Crippen molar-refractivity contribution in [3.05, 3.63) is 30.1 Å². The third kappa shape index (κ3) is 2.82. The van der Waals surface area contributed by atoms with Crippen molar-refractivity contribution in [2.75, 3.05) is 32.6 Å².